The number of rotatable bonds is 2. The predicted octanol–water partition coefficient (Wildman–Crippen LogP) is -1.43. The van der Waals surface area contributed by atoms with E-state index < -0.39 is 40.7 Å². The number of aromatic nitrogens is 3. The largest absolute Gasteiger partial charge is 0.391 e. The summed E-state index contributed by atoms with van der Waals surface area (Å²) in [6.45, 7) is 2.92. The summed E-state index contributed by atoms with van der Waals surface area (Å²) in [7, 11) is 0. The first kappa shape index (κ1) is 15.7. The standard InChI is InChI=1S/C12H14ClN3O5/c1-3-4-12(13)9(19)8(6(2)17)21-10(12)16-11(20)15-7(18)5-14-16/h5-6,8-10,17,19H,1-2H3,(H,15,18,20)/t6-,8-,9?,10-,12-/m1/s1. The zero-order chi connectivity index (χ0) is 15.8. The van der Waals surface area contributed by atoms with E-state index in [1.807, 2.05) is 4.98 Å². The molecule has 1 unspecified atom stereocenters. The Bertz CT molecular complexity index is 703. The SMILES string of the molecule is CC#C[C@@]1(Cl)C(O)[C@@H]([C@@H](C)O)O[C@H]1n1ncc(=O)[nH]c1=O. The molecule has 2 heterocycles. The Kier molecular flexibility index (Phi) is 4.20. The van der Waals surface area contributed by atoms with E-state index in [1.54, 1.807) is 0 Å². The first-order valence-corrected chi connectivity index (χ1v) is 6.51. The van der Waals surface area contributed by atoms with Gasteiger partial charge >= 0.3 is 5.69 Å². The van der Waals surface area contributed by atoms with Gasteiger partial charge in [-0.1, -0.05) is 17.5 Å². The van der Waals surface area contributed by atoms with E-state index in [0.29, 0.717) is 0 Å². The van der Waals surface area contributed by atoms with E-state index in [2.05, 4.69) is 16.9 Å². The van der Waals surface area contributed by atoms with Crippen molar-refractivity contribution in [3.8, 4) is 11.8 Å². The van der Waals surface area contributed by atoms with Crippen molar-refractivity contribution in [1.29, 1.82) is 0 Å². The molecule has 1 aromatic rings. The van der Waals surface area contributed by atoms with Gasteiger partial charge in [-0.05, 0) is 13.8 Å². The number of H-pyrrole nitrogens is 1. The predicted molar refractivity (Wildman–Crippen MR) is 72.7 cm³/mol. The lowest BCUT2D eigenvalue weighted by atomic mass is 9.97. The molecule has 1 aliphatic rings. The molecule has 1 fully saturated rings. The molecule has 21 heavy (non-hydrogen) atoms. The zero-order valence-electron chi connectivity index (χ0n) is 11.3. The van der Waals surface area contributed by atoms with E-state index in [0.717, 1.165) is 10.9 Å². The summed E-state index contributed by atoms with van der Waals surface area (Å²) in [6, 6.07) is 0. The number of ether oxygens (including phenoxy) is 1. The number of hydrogen-bond donors (Lipinski definition) is 3. The van der Waals surface area contributed by atoms with Crippen molar-refractivity contribution in [3.05, 3.63) is 27.0 Å². The maximum absolute atomic E-state index is 11.8. The fourth-order valence-electron chi connectivity index (χ4n) is 2.18. The monoisotopic (exact) mass is 315 g/mol. The van der Waals surface area contributed by atoms with Crippen LogP contribution in [0.25, 0.3) is 0 Å². The molecular formula is C12H14ClN3O5. The molecular weight excluding hydrogens is 302 g/mol. The Balaban J connectivity index is 2.56. The molecule has 0 aromatic carbocycles. The molecule has 3 N–H and O–H groups in total. The van der Waals surface area contributed by atoms with E-state index in [4.69, 9.17) is 16.3 Å². The van der Waals surface area contributed by atoms with Gasteiger partial charge in [-0.15, -0.1) is 5.92 Å². The van der Waals surface area contributed by atoms with Crippen LogP contribution in [0, 0.1) is 11.8 Å². The summed E-state index contributed by atoms with van der Waals surface area (Å²) < 4.78 is 6.24. The molecule has 0 spiro atoms. The molecule has 0 radical (unpaired) electrons. The fraction of sp³-hybridized carbons (Fsp3) is 0.583. The van der Waals surface area contributed by atoms with Gasteiger partial charge in [0.05, 0.1) is 6.10 Å². The van der Waals surface area contributed by atoms with Gasteiger partial charge in [0.15, 0.2) is 11.1 Å². The van der Waals surface area contributed by atoms with Gasteiger partial charge in [0.25, 0.3) is 5.56 Å². The highest BCUT2D eigenvalue weighted by Gasteiger charge is 2.57. The lowest BCUT2D eigenvalue weighted by molar-refractivity contribution is -0.0810. The highest BCUT2D eigenvalue weighted by Crippen LogP contribution is 2.43. The van der Waals surface area contributed by atoms with Gasteiger partial charge in [-0.25, -0.2) is 4.79 Å². The number of nitrogens with zero attached hydrogens (tertiary/aromatic N) is 2. The van der Waals surface area contributed by atoms with Crippen molar-refractivity contribution in [2.24, 2.45) is 0 Å². The number of nitrogens with one attached hydrogen (secondary N) is 1. The molecule has 0 amide bonds. The van der Waals surface area contributed by atoms with Crippen LogP contribution in [0.2, 0.25) is 0 Å². The summed E-state index contributed by atoms with van der Waals surface area (Å²) in [4.78, 5) is 23.2. The molecule has 114 valence electrons. The summed E-state index contributed by atoms with van der Waals surface area (Å²) >= 11 is 6.32. The van der Waals surface area contributed by atoms with Crippen LogP contribution in [0.4, 0.5) is 0 Å². The molecule has 0 bridgehead atoms. The molecule has 0 saturated carbocycles. The number of hydrogen-bond acceptors (Lipinski definition) is 6. The number of aromatic amines is 1. The maximum atomic E-state index is 11.8. The minimum Gasteiger partial charge on any atom is -0.391 e. The number of alkyl halides is 1. The average molecular weight is 316 g/mol. The summed E-state index contributed by atoms with van der Waals surface area (Å²) in [5, 5.41) is 23.6. The highest BCUT2D eigenvalue weighted by atomic mass is 35.5. The lowest BCUT2D eigenvalue weighted by Gasteiger charge is -2.24. The molecule has 8 nitrogen and oxygen atoms in total. The molecule has 1 saturated heterocycles. The summed E-state index contributed by atoms with van der Waals surface area (Å²) in [5.74, 6) is 5.14. The van der Waals surface area contributed by atoms with Gasteiger partial charge in [-0.3, -0.25) is 9.78 Å². The Labute approximate surface area is 124 Å². The van der Waals surface area contributed by atoms with Gasteiger partial charge < -0.3 is 14.9 Å². The van der Waals surface area contributed by atoms with Crippen LogP contribution in [-0.4, -0.2) is 48.2 Å². The lowest BCUT2D eigenvalue weighted by Crippen LogP contribution is -2.46. The van der Waals surface area contributed by atoms with Gasteiger partial charge in [0.2, 0.25) is 0 Å². The molecule has 1 aliphatic heterocycles. The second kappa shape index (κ2) is 5.61. The second-order valence-corrected chi connectivity index (χ2v) is 5.29. The minimum atomic E-state index is -1.68. The van der Waals surface area contributed by atoms with Gasteiger partial charge in [0, 0.05) is 0 Å². The topological polar surface area (TPSA) is 117 Å². The third kappa shape index (κ3) is 2.61. The first-order valence-electron chi connectivity index (χ1n) is 6.14. The molecule has 2 rings (SSSR count). The molecule has 1 aromatic heterocycles. The van der Waals surface area contributed by atoms with E-state index in [-0.39, 0.29) is 0 Å². The van der Waals surface area contributed by atoms with Crippen LogP contribution in [0.5, 0.6) is 0 Å². The van der Waals surface area contributed by atoms with Crippen molar-refractivity contribution < 1.29 is 14.9 Å². The number of aliphatic hydroxyl groups excluding tert-OH is 2. The van der Waals surface area contributed by atoms with E-state index in [1.165, 1.54) is 13.8 Å². The number of halogens is 1. The molecule has 0 aliphatic carbocycles. The Hall–Kier alpha value is -1.66. The Morgan fingerprint density at radius 1 is 1.62 bits per heavy atom. The van der Waals surface area contributed by atoms with Crippen molar-refractivity contribution in [2.45, 2.75) is 43.3 Å². The molecule has 5 atom stereocenters. The minimum absolute atomic E-state index is 0.677. The third-order valence-corrected chi connectivity index (χ3v) is 3.64. The quantitative estimate of drug-likeness (QED) is 0.455. The van der Waals surface area contributed by atoms with Crippen molar-refractivity contribution in [3.63, 3.8) is 0 Å². The van der Waals surface area contributed by atoms with Crippen LogP contribution in [0.1, 0.15) is 20.1 Å². The zero-order valence-corrected chi connectivity index (χ0v) is 12.0. The fourth-order valence-corrected chi connectivity index (χ4v) is 2.54. The van der Waals surface area contributed by atoms with Crippen LogP contribution < -0.4 is 11.2 Å². The second-order valence-electron chi connectivity index (χ2n) is 4.67. The normalized spacial score (nSPS) is 33.3. The smallest absolute Gasteiger partial charge is 0.347 e. The van der Waals surface area contributed by atoms with Gasteiger partial charge in [-0.2, -0.15) is 9.78 Å². The van der Waals surface area contributed by atoms with Crippen molar-refractivity contribution in [1.82, 2.24) is 14.8 Å². The van der Waals surface area contributed by atoms with Crippen LogP contribution in [0.15, 0.2) is 15.8 Å². The van der Waals surface area contributed by atoms with Crippen molar-refractivity contribution >= 4 is 11.6 Å². The molecule has 9 heteroatoms. The highest BCUT2D eigenvalue weighted by molar-refractivity contribution is 6.27. The van der Waals surface area contributed by atoms with Crippen LogP contribution in [-0.2, 0) is 4.74 Å². The average Bonchev–Trinajstić information content (AvgIpc) is 2.64. The maximum Gasteiger partial charge on any atom is 0.347 e. The Morgan fingerprint density at radius 2 is 2.29 bits per heavy atom. The van der Waals surface area contributed by atoms with Crippen LogP contribution >= 0.6 is 11.6 Å². The van der Waals surface area contributed by atoms with Crippen LogP contribution in [0.3, 0.4) is 0 Å². The number of aliphatic hydroxyl groups is 2. The van der Waals surface area contributed by atoms with E-state index >= 15 is 0 Å². The van der Waals surface area contributed by atoms with E-state index in [9.17, 15) is 19.8 Å². The summed E-state index contributed by atoms with van der Waals surface area (Å²) in [6.07, 6.45) is -3.82. The first-order chi connectivity index (χ1) is 9.81. The van der Waals surface area contributed by atoms with Crippen molar-refractivity contribution in [2.75, 3.05) is 0 Å². The third-order valence-electron chi connectivity index (χ3n) is 3.14. The van der Waals surface area contributed by atoms with Gasteiger partial charge in [0.1, 0.15) is 18.4 Å². The Morgan fingerprint density at radius 3 is 2.81 bits per heavy atom. The summed E-state index contributed by atoms with van der Waals surface area (Å²) in [5.41, 5.74) is -1.53.